The zero-order valence-electron chi connectivity index (χ0n) is 19.0. The Balaban J connectivity index is 2.98. The monoisotopic (exact) mass is 465 g/mol. The van der Waals surface area contributed by atoms with Gasteiger partial charge in [-0.1, -0.05) is 32.4 Å². The van der Waals surface area contributed by atoms with Gasteiger partial charge in [-0.15, -0.1) is 0 Å². The molecule has 3 atom stereocenters. The molecule has 1 aromatic rings. The van der Waals surface area contributed by atoms with Crippen LogP contribution in [-0.4, -0.2) is 65.1 Å². The fourth-order valence-corrected chi connectivity index (χ4v) is 3.06. The van der Waals surface area contributed by atoms with E-state index in [0.29, 0.717) is 24.9 Å². The van der Waals surface area contributed by atoms with Crippen molar-refractivity contribution in [2.45, 2.75) is 57.7 Å². The van der Waals surface area contributed by atoms with Gasteiger partial charge in [-0.25, -0.2) is 0 Å². The molecule has 0 spiro atoms. The van der Waals surface area contributed by atoms with Gasteiger partial charge in [0.15, 0.2) is 0 Å². The number of phenols is 1. The standard InChI is InChI=1S/C22H35N5O6/c1-13(2)19(22(33)25-12-18(29)30)27-21(32)17(11-14-6-8-15(28)9-7-14)26-20(31)16(24)5-3-4-10-23/h6-9,13,16-17,19,28H,3-5,10-12,23-24H2,1-2H3,(H,25,33)(H,26,31)(H,27,32)(H,29,30). The number of phenolic OH excluding ortho intramolecular Hbond substituents is 1. The number of rotatable bonds is 14. The van der Waals surface area contributed by atoms with Crippen LogP contribution in [0.2, 0.25) is 0 Å². The average molecular weight is 466 g/mol. The first-order valence-corrected chi connectivity index (χ1v) is 10.9. The number of unbranched alkanes of at least 4 members (excludes halogenated alkanes) is 1. The zero-order valence-corrected chi connectivity index (χ0v) is 19.0. The summed E-state index contributed by atoms with van der Waals surface area (Å²) in [4.78, 5) is 48.8. The number of nitrogens with one attached hydrogen (secondary N) is 3. The minimum Gasteiger partial charge on any atom is -0.508 e. The van der Waals surface area contributed by atoms with Gasteiger partial charge < -0.3 is 37.6 Å². The molecule has 184 valence electrons. The third-order valence-corrected chi connectivity index (χ3v) is 4.98. The number of carbonyl (C=O) groups is 4. The Morgan fingerprint density at radius 1 is 0.970 bits per heavy atom. The molecule has 3 unspecified atom stereocenters. The Bertz CT molecular complexity index is 799. The Morgan fingerprint density at radius 2 is 1.61 bits per heavy atom. The van der Waals surface area contributed by atoms with E-state index in [0.717, 1.165) is 6.42 Å². The predicted octanol–water partition coefficient (Wildman–Crippen LogP) is -0.783. The number of carboxylic acids is 1. The van der Waals surface area contributed by atoms with Crippen molar-refractivity contribution in [2.24, 2.45) is 17.4 Å². The summed E-state index contributed by atoms with van der Waals surface area (Å²) in [5.41, 5.74) is 12.1. The molecule has 0 radical (unpaired) electrons. The first kappa shape index (κ1) is 27.9. The molecule has 0 saturated heterocycles. The second-order valence-corrected chi connectivity index (χ2v) is 8.16. The fraction of sp³-hybridized carbons (Fsp3) is 0.545. The van der Waals surface area contributed by atoms with Crippen LogP contribution in [0.3, 0.4) is 0 Å². The molecule has 0 heterocycles. The number of carboxylic acid groups (broad SMARTS) is 1. The Hall–Kier alpha value is -3.18. The average Bonchev–Trinajstić information content (AvgIpc) is 2.76. The highest BCUT2D eigenvalue weighted by Gasteiger charge is 2.30. The van der Waals surface area contributed by atoms with Crippen LogP contribution in [0.15, 0.2) is 24.3 Å². The number of hydrogen-bond acceptors (Lipinski definition) is 7. The van der Waals surface area contributed by atoms with Gasteiger partial charge in [-0.2, -0.15) is 0 Å². The van der Waals surface area contributed by atoms with Crippen molar-refractivity contribution >= 4 is 23.7 Å². The number of aliphatic carboxylic acids is 1. The van der Waals surface area contributed by atoms with Crippen LogP contribution in [0, 0.1) is 5.92 Å². The van der Waals surface area contributed by atoms with Gasteiger partial charge in [0.05, 0.1) is 6.04 Å². The number of hydrogen-bond donors (Lipinski definition) is 7. The van der Waals surface area contributed by atoms with Crippen LogP contribution < -0.4 is 27.4 Å². The first-order chi connectivity index (χ1) is 15.5. The van der Waals surface area contributed by atoms with Crippen LogP contribution >= 0.6 is 0 Å². The van der Waals surface area contributed by atoms with E-state index < -0.39 is 48.4 Å². The third-order valence-electron chi connectivity index (χ3n) is 4.98. The molecule has 0 saturated carbocycles. The second kappa shape index (κ2) is 14.1. The van der Waals surface area contributed by atoms with E-state index >= 15 is 0 Å². The number of carbonyl (C=O) groups excluding carboxylic acids is 3. The van der Waals surface area contributed by atoms with Crippen molar-refractivity contribution in [3.63, 3.8) is 0 Å². The molecular formula is C22H35N5O6. The maximum atomic E-state index is 13.1. The lowest BCUT2D eigenvalue weighted by atomic mass is 10.0. The highest BCUT2D eigenvalue weighted by molar-refractivity contribution is 5.93. The Kier molecular flexibility index (Phi) is 11.9. The quantitative estimate of drug-likeness (QED) is 0.174. The van der Waals surface area contributed by atoms with Gasteiger partial charge in [0, 0.05) is 6.42 Å². The fourth-order valence-electron chi connectivity index (χ4n) is 3.06. The molecule has 1 rings (SSSR count). The van der Waals surface area contributed by atoms with E-state index in [4.69, 9.17) is 16.6 Å². The Morgan fingerprint density at radius 3 is 2.15 bits per heavy atom. The minimum atomic E-state index is -1.21. The third kappa shape index (κ3) is 10.3. The van der Waals surface area contributed by atoms with Crippen LogP contribution in [0.1, 0.15) is 38.7 Å². The second-order valence-electron chi connectivity index (χ2n) is 8.16. The van der Waals surface area contributed by atoms with Crippen LogP contribution in [0.4, 0.5) is 0 Å². The van der Waals surface area contributed by atoms with Crippen LogP contribution in [0.5, 0.6) is 5.75 Å². The van der Waals surface area contributed by atoms with E-state index in [1.165, 1.54) is 12.1 Å². The first-order valence-electron chi connectivity index (χ1n) is 10.9. The van der Waals surface area contributed by atoms with Gasteiger partial charge in [-0.05, 0) is 43.0 Å². The van der Waals surface area contributed by atoms with Crippen molar-refractivity contribution in [3.8, 4) is 5.75 Å². The molecule has 0 fully saturated rings. The summed E-state index contributed by atoms with van der Waals surface area (Å²) in [6.45, 7) is 3.31. The molecule has 11 heteroatoms. The van der Waals surface area contributed by atoms with Gasteiger partial charge in [0.25, 0.3) is 0 Å². The number of aromatic hydroxyl groups is 1. The SMILES string of the molecule is CC(C)C(NC(=O)C(Cc1ccc(O)cc1)NC(=O)C(N)CCCCN)C(=O)NCC(=O)O. The molecule has 33 heavy (non-hydrogen) atoms. The Labute approximate surface area is 193 Å². The zero-order chi connectivity index (χ0) is 25.0. The van der Waals surface area contributed by atoms with E-state index in [1.807, 2.05) is 0 Å². The maximum absolute atomic E-state index is 13.1. The highest BCUT2D eigenvalue weighted by Crippen LogP contribution is 2.12. The number of amides is 3. The molecule has 0 aliphatic heterocycles. The molecule has 9 N–H and O–H groups in total. The van der Waals surface area contributed by atoms with Gasteiger partial charge in [-0.3, -0.25) is 19.2 Å². The smallest absolute Gasteiger partial charge is 0.322 e. The maximum Gasteiger partial charge on any atom is 0.322 e. The number of nitrogens with two attached hydrogens (primary N) is 2. The van der Waals surface area contributed by atoms with E-state index in [9.17, 15) is 24.3 Å². The number of benzene rings is 1. The van der Waals surface area contributed by atoms with E-state index in [2.05, 4.69) is 16.0 Å². The van der Waals surface area contributed by atoms with Crippen molar-refractivity contribution < 1.29 is 29.4 Å². The van der Waals surface area contributed by atoms with Gasteiger partial charge in [0.1, 0.15) is 24.4 Å². The summed E-state index contributed by atoms with van der Waals surface area (Å²) >= 11 is 0. The summed E-state index contributed by atoms with van der Waals surface area (Å²) in [6, 6.07) is 3.27. The van der Waals surface area contributed by atoms with Crippen molar-refractivity contribution in [1.82, 2.24) is 16.0 Å². The summed E-state index contributed by atoms with van der Waals surface area (Å²) in [5, 5.41) is 25.8. The van der Waals surface area contributed by atoms with E-state index in [1.54, 1.807) is 26.0 Å². The van der Waals surface area contributed by atoms with Crippen molar-refractivity contribution in [2.75, 3.05) is 13.1 Å². The normalized spacial score (nSPS) is 13.6. The summed E-state index contributed by atoms with van der Waals surface area (Å²) in [7, 11) is 0. The van der Waals surface area contributed by atoms with Crippen LogP contribution in [0.25, 0.3) is 0 Å². The highest BCUT2D eigenvalue weighted by atomic mass is 16.4. The van der Waals surface area contributed by atoms with Crippen molar-refractivity contribution in [1.29, 1.82) is 0 Å². The molecule has 0 aromatic heterocycles. The summed E-state index contributed by atoms with van der Waals surface area (Å²) in [5.74, 6) is -3.27. The molecule has 0 aliphatic rings. The molecule has 1 aromatic carbocycles. The largest absolute Gasteiger partial charge is 0.508 e. The topological polar surface area (TPSA) is 197 Å². The lowest BCUT2D eigenvalue weighted by Crippen LogP contribution is -2.57. The van der Waals surface area contributed by atoms with Crippen molar-refractivity contribution in [3.05, 3.63) is 29.8 Å². The predicted molar refractivity (Wildman–Crippen MR) is 122 cm³/mol. The summed E-state index contributed by atoms with van der Waals surface area (Å²) in [6.07, 6.45) is 1.89. The lowest BCUT2D eigenvalue weighted by molar-refractivity contribution is -0.139. The van der Waals surface area contributed by atoms with E-state index in [-0.39, 0.29) is 18.1 Å². The molecule has 0 bridgehead atoms. The van der Waals surface area contributed by atoms with Gasteiger partial charge >= 0.3 is 5.97 Å². The summed E-state index contributed by atoms with van der Waals surface area (Å²) < 4.78 is 0. The van der Waals surface area contributed by atoms with Crippen LogP contribution in [-0.2, 0) is 25.6 Å². The molecular weight excluding hydrogens is 430 g/mol. The lowest BCUT2D eigenvalue weighted by Gasteiger charge is -2.26. The molecule has 0 aliphatic carbocycles. The van der Waals surface area contributed by atoms with Gasteiger partial charge in [0.2, 0.25) is 17.7 Å². The molecule has 11 nitrogen and oxygen atoms in total. The molecule has 3 amide bonds. The minimum absolute atomic E-state index is 0.0562.